The smallest absolute Gasteiger partial charge is 0.389 e. The number of aliphatic carboxylic acids is 1. The van der Waals surface area contributed by atoms with E-state index in [1.165, 1.54) is 12.3 Å². The molecule has 1 aromatic heterocycles. The van der Waals surface area contributed by atoms with Gasteiger partial charge in [-0.15, -0.1) is 0 Å². The third kappa shape index (κ3) is 6.10. The van der Waals surface area contributed by atoms with Crippen molar-refractivity contribution in [2.45, 2.75) is 19.9 Å². The van der Waals surface area contributed by atoms with Crippen molar-refractivity contribution in [2.75, 3.05) is 13.2 Å². The summed E-state index contributed by atoms with van der Waals surface area (Å²) in [5.41, 5.74) is 0.808. The molecule has 0 aliphatic heterocycles. The van der Waals surface area contributed by atoms with E-state index in [2.05, 4.69) is 10.4 Å². The fraction of sp³-hybridized carbons (Fsp3) is 0.353. The molecule has 2 rings (SSSR count). The van der Waals surface area contributed by atoms with Crippen LogP contribution >= 0.6 is 0 Å². The lowest BCUT2D eigenvalue weighted by Crippen LogP contribution is -2.36. The van der Waals surface area contributed by atoms with Gasteiger partial charge in [-0.2, -0.15) is 4.68 Å². The fourth-order valence-electron chi connectivity index (χ4n) is 2.40. The first-order valence-electron chi connectivity index (χ1n) is 8.28. The molecule has 0 aliphatic carbocycles. The van der Waals surface area contributed by atoms with Crippen molar-refractivity contribution in [3.63, 3.8) is 0 Å². The Labute approximate surface area is 154 Å². The number of benzene rings is 1. The maximum Gasteiger partial charge on any atom is 0.389 e. The second kappa shape index (κ2) is 9.32. The predicted molar refractivity (Wildman–Crippen MR) is 94.3 cm³/mol. The van der Waals surface area contributed by atoms with Crippen molar-refractivity contribution in [1.82, 2.24) is 15.1 Å². The summed E-state index contributed by atoms with van der Waals surface area (Å²) >= 11 is 0. The summed E-state index contributed by atoms with van der Waals surface area (Å²) < 4.78 is 6.46. The Bertz CT molecular complexity index is 802. The third-order valence-electron chi connectivity index (χ3n) is 3.73. The van der Waals surface area contributed by atoms with E-state index in [9.17, 15) is 24.8 Å². The molecule has 0 aliphatic rings. The SMILES string of the molecule is CCOc1ccc(CC(CNC(=O)Cn2ccc([N+](=O)[O-])n2)C(=O)O)cc1. The number of hydrogen-bond acceptors (Lipinski definition) is 6. The fourth-order valence-corrected chi connectivity index (χ4v) is 2.40. The summed E-state index contributed by atoms with van der Waals surface area (Å²) in [6.07, 6.45) is 1.56. The van der Waals surface area contributed by atoms with Gasteiger partial charge in [0.05, 0.1) is 29.9 Å². The van der Waals surface area contributed by atoms with Gasteiger partial charge in [0.25, 0.3) is 0 Å². The molecular weight excluding hydrogens is 356 g/mol. The van der Waals surface area contributed by atoms with Gasteiger partial charge in [-0.3, -0.25) is 9.59 Å². The average Bonchev–Trinajstić information content (AvgIpc) is 3.08. The molecule has 2 aromatic rings. The second-order valence-electron chi connectivity index (χ2n) is 5.75. The van der Waals surface area contributed by atoms with Gasteiger partial charge in [-0.25, -0.2) is 0 Å². The van der Waals surface area contributed by atoms with Crippen molar-refractivity contribution in [3.8, 4) is 5.75 Å². The first kappa shape index (κ1) is 19.9. The van der Waals surface area contributed by atoms with Crippen molar-refractivity contribution < 1.29 is 24.4 Å². The summed E-state index contributed by atoms with van der Waals surface area (Å²) in [5, 5.41) is 26.1. The maximum absolute atomic E-state index is 11.9. The number of amides is 1. The molecule has 10 nitrogen and oxygen atoms in total. The van der Waals surface area contributed by atoms with Crippen molar-refractivity contribution in [3.05, 3.63) is 52.2 Å². The minimum atomic E-state index is -1.03. The zero-order valence-corrected chi connectivity index (χ0v) is 14.7. The molecule has 1 unspecified atom stereocenters. The minimum Gasteiger partial charge on any atom is -0.494 e. The Hall–Kier alpha value is -3.43. The topological polar surface area (TPSA) is 137 Å². The quantitative estimate of drug-likeness (QED) is 0.470. The molecule has 0 saturated carbocycles. The molecule has 1 aromatic carbocycles. The molecular formula is C17H20N4O6. The first-order valence-corrected chi connectivity index (χ1v) is 8.28. The Morgan fingerprint density at radius 3 is 2.59 bits per heavy atom. The molecule has 0 fully saturated rings. The zero-order valence-electron chi connectivity index (χ0n) is 14.7. The van der Waals surface area contributed by atoms with Gasteiger partial charge in [0.1, 0.15) is 12.3 Å². The highest BCUT2D eigenvalue weighted by Crippen LogP contribution is 2.15. The van der Waals surface area contributed by atoms with E-state index in [4.69, 9.17) is 4.74 Å². The molecule has 10 heteroatoms. The molecule has 1 amide bonds. The summed E-state index contributed by atoms with van der Waals surface area (Å²) in [6.45, 7) is 2.12. The van der Waals surface area contributed by atoms with Crippen LogP contribution in [0.15, 0.2) is 36.5 Å². The Morgan fingerprint density at radius 2 is 2.04 bits per heavy atom. The van der Waals surface area contributed by atoms with E-state index in [-0.39, 0.29) is 25.3 Å². The van der Waals surface area contributed by atoms with Gasteiger partial charge >= 0.3 is 11.8 Å². The van der Waals surface area contributed by atoms with Gasteiger partial charge in [-0.1, -0.05) is 12.1 Å². The standard InChI is InChI=1S/C17H20N4O6/c1-2-27-14-5-3-12(4-6-14)9-13(17(23)24)10-18-16(22)11-20-8-7-15(19-20)21(25)26/h3-8,13H,2,9-11H2,1H3,(H,18,22)(H,23,24). The van der Waals surface area contributed by atoms with E-state index < -0.39 is 22.7 Å². The van der Waals surface area contributed by atoms with Crippen LogP contribution in [-0.4, -0.2) is 44.8 Å². The number of nitrogens with zero attached hydrogens (tertiary/aromatic N) is 3. The maximum atomic E-state index is 11.9. The van der Waals surface area contributed by atoms with E-state index in [0.29, 0.717) is 12.4 Å². The van der Waals surface area contributed by atoms with Crippen LogP contribution in [0.2, 0.25) is 0 Å². The average molecular weight is 376 g/mol. The van der Waals surface area contributed by atoms with Gasteiger partial charge in [-0.05, 0) is 36.0 Å². The van der Waals surface area contributed by atoms with Crippen LogP contribution in [0.5, 0.6) is 5.75 Å². The Balaban J connectivity index is 1.88. The zero-order chi connectivity index (χ0) is 19.8. The van der Waals surface area contributed by atoms with Gasteiger partial charge < -0.3 is 25.3 Å². The van der Waals surface area contributed by atoms with Crippen LogP contribution in [0.3, 0.4) is 0 Å². The van der Waals surface area contributed by atoms with Crippen LogP contribution in [-0.2, 0) is 22.6 Å². The number of hydrogen-bond donors (Lipinski definition) is 2. The molecule has 1 atom stereocenters. The largest absolute Gasteiger partial charge is 0.494 e. The number of carboxylic acid groups (broad SMARTS) is 1. The molecule has 144 valence electrons. The highest BCUT2D eigenvalue weighted by molar-refractivity contribution is 5.77. The summed E-state index contributed by atoms with van der Waals surface area (Å²) in [4.78, 5) is 33.3. The van der Waals surface area contributed by atoms with Gasteiger partial charge in [0.2, 0.25) is 5.91 Å². The molecule has 0 bridgehead atoms. The predicted octanol–water partition coefficient (Wildman–Crippen LogP) is 1.25. The number of nitro groups is 1. The number of carboxylic acids is 1. The van der Waals surface area contributed by atoms with Crippen LogP contribution in [0.4, 0.5) is 5.82 Å². The molecule has 0 saturated heterocycles. The summed E-state index contributed by atoms with van der Waals surface area (Å²) in [5.74, 6) is -1.97. The lowest BCUT2D eigenvalue weighted by molar-refractivity contribution is -0.389. The summed E-state index contributed by atoms with van der Waals surface area (Å²) in [7, 11) is 0. The number of carbonyl (C=O) groups is 2. The van der Waals surface area contributed by atoms with E-state index in [1.54, 1.807) is 24.3 Å². The van der Waals surface area contributed by atoms with E-state index >= 15 is 0 Å². The Morgan fingerprint density at radius 1 is 1.33 bits per heavy atom. The first-order chi connectivity index (χ1) is 12.9. The lowest BCUT2D eigenvalue weighted by Gasteiger charge is -2.14. The normalized spacial score (nSPS) is 11.6. The minimum absolute atomic E-state index is 0.0647. The number of nitrogens with one attached hydrogen (secondary N) is 1. The molecule has 1 heterocycles. The number of rotatable bonds is 10. The summed E-state index contributed by atoms with van der Waals surface area (Å²) in [6, 6.07) is 8.28. The van der Waals surface area contributed by atoms with Crippen molar-refractivity contribution in [2.24, 2.45) is 5.92 Å². The van der Waals surface area contributed by atoms with E-state index in [0.717, 1.165) is 10.2 Å². The van der Waals surface area contributed by atoms with Crippen LogP contribution < -0.4 is 10.1 Å². The van der Waals surface area contributed by atoms with Crippen molar-refractivity contribution >= 4 is 17.7 Å². The van der Waals surface area contributed by atoms with Crippen molar-refractivity contribution in [1.29, 1.82) is 0 Å². The number of carbonyl (C=O) groups excluding carboxylic acids is 1. The van der Waals surface area contributed by atoms with E-state index in [1.807, 2.05) is 6.92 Å². The van der Waals surface area contributed by atoms with Crippen LogP contribution in [0.25, 0.3) is 0 Å². The Kier molecular flexibility index (Phi) is 6.86. The molecule has 0 radical (unpaired) electrons. The van der Waals surface area contributed by atoms with Crippen LogP contribution in [0.1, 0.15) is 12.5 Å². The highest BCUT2D eigenvalue weighted by Gasteiger charge is 2.20. The molecule has 2 N–H and O–H groups in total. The molecule has 0 spiro atoms. The second-order valence-corrected chi connectivity index (χ2v) is 5.75. The highest BCUT2D eigenvalue weighted by atomic mass is 16.6. The van der Waals surface area contributed by atoms with Gasteiger partial charge in [0.15, 0.2) is 0 Å². The number of ether oxygens (including phenoxy) is 1. The van der Waals surface area contributed by atoms with Gasteiger partial charge in [0, 0.05) is 6.54 Å². The monoisotopic (exact) mass is 376 g/mol. The lowest BCUT2D eigenvalue weighted by atomic mass is 9.99. The van der Waals surface area contributed by atoms with Crippen LogP contribution in [0, 0.1) is 16.0 Å². The molecule has 27 heavy (non-hydrogen) atoms. The number of aromatic nitrogens is 2. The third-order valence-corrected chi connectivity index (χ3v) is 3.73.